The number of rotatable bonds is 10. The number of hydrogen-bond acceptors (Lipinski definition) is 7. The van der Waals surface area contributed by atoms with Crippen molar-refractivity contribution in [2.24, 2.45) is 5.92 Å². The van der Waals surface area contributed by atoms with Crippen LogP contribution in [0.2, 0.25) is 0 Å². The maximum Gasteiger partial charge on any atom is 0.262 e. The molecular formula is C24H32N4O6S. The highest BCUT2D eigenvalue weighted by Crippen LogP contribution is 2.31. The van der Waals surface area contributed by atoms with Crippen LogP contribution in [0.4, 0.5) is 0 Å². The minimum absolute atomic E-state index is 0.00124. The second-order valence-corrected chi connectivity index (χ2v) is 10.4. The first kappa shape index (κ1) is 26.6. The lowest BCUT2D eigenvalue weighted by Crippen LogP contribution is -2.54. The Labute approximate surface area is 205 Å². The van der Waals surface area contributed by atoms with E-state index in [-0.39, 0.29) is 17.3 Å². The van der Waals surface area contributed by atoms with Gasteiger partial charge in [0.1, 0.15) is 11.8 Å². The number of carbonyl (C=O) groups is 2. The van der Waals surface area contributed by atoms with E-state index in [1.807, 2.05) is 6.92 Å². The molecule has 1 aromatic carbocycles. The fourth-order valence-corrected chi connectivity index (χ4v) is 6.00. The van der Waals surface area contributed by atoms with E-state index in [4.69, 9.17) is 4.74 Å². The zero-order valence-corrected chi connectivity index (χ0v) is 20.8. The Bertz CT molecular complexity index is 1090. The van der Waals surface area contributed by atoms with Gasteiger partial charge < -0.3 is 9.64 Å². The molecular weight excluding hydrogens is 472 g/mol. The van der Waals surface area contributed by atoms with Crippen LogP contribution in [-0.2, 0) is 26.2 Å². The SMILES string of the molecule is CCCC(=O)N1CCC([C@H](C(=O)NO)N(Cc2ccncc2)S(=O)(=O)c2ccc(OC)cc2)CC1. The number of sulfonamides is 1. The Balaban J connectivity index is 1.97. The van der Waals surface area contributed by atoms with Crippen LogP contribution >= 0.6 is 0 Å². The number of ether oxygens (including phenoxy) is 1. The lowest BCUT2D eigenvalue weighted by Gasteiger charge is -2.39. The summed E-state index contributed by atoms with van der Waals surface area (Å²) in [5.41, 5.74) is 2.31. The lowest BCUT2D eigenvalue weighted by molar-refractivity contribution is -0.137. The molecule has 2 amide bonds. The van der Waals surface area contributed by atoms with Crippen LogP contribution in [0.5, 0.6) is 5.75 Å². The number of likely N-dealkylation sites (tertiary alicyclic amines) is 1. The Morgan fingerprint density at radius 1 is 1.17 bits per heavy atom. The molecule has 0 unspecified atom stereocenters. The molecule has 3 rings (SSSR count). The molecule has 10 nitrogen and oxygen atoms in total. The first-order valence-electron chi connectivity index (χ1n) is 11.6. The quantitative estimate of drug-likeness (QED) is 0.375. The fraction of sp³-hybridized carbons (Fsp3) is 0.458. The van der Waals surface area contributed by atoms with Crippen molar-refractivity contribution in [1.29, 1.82) is 0 Å². The molecule has 0 radical (unpaired) electrons. The summed E-state index contributed by atoms with van der Waals surface area (Å²) in [6.07, 6.45) is 5.15. The highest BCUT2D eigenvalue weighted by molar-refractivity contribution is 7.89. The zero-order valence-electron chi connectivity index (χ0n) is 20.0. The average Bonchev–Trinajstić information content (AvgIpc) is 2.89. The standard InChI is InChI=1S/C24H32N4O6S/c1-3-4-22(29)27-15-11-19(12-16-27)23(24(30)26-31)28(17-18-9-13-25-14-10-18)35(32,33)21-7-5-20(34-2)6-8-21/h5-10,13-14,19,23,31H,3-4,11-12,15-17H2,1-2H3,(H,26,30)/t23-/m1/s1. The van der Waals surface area contributed by atoms with E-state index in [0.717, 1.165) is 10.7 Å². The van der Waals surface area contributed by atoms with Crippen molar-refractivity contribution in [2.75, 3.05) is 20.2 Å². The molecule has 1 aromatic heterocycles. The molecule has 2 aromatic rings. The summed E-state index contributed by atoms with van der Waals surface area (Å²) in [5, 5.41) is 9.55. The van der Waals surface area contributed by atoms with Gasteiger partial charge in [-0.25, -0.2) is 13.9 Å². The molecule has 1 saturated heterocycles. The average molecular weight is 505 g/mol. The van der Waals surface area contributed by atoms with Gasteiger partial charge in [-0.3, -0.25) is 19.8 Å². The molecule has 0 saturated carbocycles. The largest absolute Gasteiger partial charge is 0.497 e. The molecule has 1 aliphatic heterocycles. The molecule has 0 aliphatic carbocycles. The number of piperidine rings is 1. The zero-order chi connectivity index (χ0) is 25.4. The van der Waals surface area contributed by atoms with Crippen molar-refractivity contribution in [1.82, 2.24) is 19.7 Å². The van der Waals surface area contributed by atoms with Gasteiger partial charge in [-0.2, -0.15) is 4.31 Å². The predicted octanol–water partition coefficient (Wildman–Crippen LogP) is 2.19. The van der Waals surface area contributed by atoms with E-state index in [1.54, 1.807) is 34.9 Å². The van der Waals surface area contributed by atoms with E-state index in [9.17, 15) is 23.2 Å². The normalized spacial score (nSPS) is 15.6. The molecule has 0 bridgehead atoms. The third-order valence-electron chi connectivity index (χ3n) is 6.25. The van der Waals surface area contributed by atoms with E-state index >= 15 is 0 Å². The summed E-state index contributed by atoms with van der Waals surface area (Å²) in [6, 6.07) is 8.10. The number of benzene rings is 1. The number of pyridine rings is 1. The molecule has 190 valence electrons. The van der Waals surface area contributed by atoms with Crippen molar-refractivity contribution in [3.63, 3.8) is 0 Å². The first-order chi connectivity index (χ1) is 16.8. The number of amides is 2. The maximum absolute atomic E-state index is 13.8. The summed E-state index contributed by atoms with van der Waals surface area (Å²) in [6.45, 7) is 2.69. The Kier molecular flexibility index (Phi) is 9.19. The second kappa shape index (κ2) is 12.1. The summed E-state index contributed by atoms with van der Waals surface area (Å²) in [7, 11) is -2.68. The van der Waals surface area contributed by atoms with Gasteiger partial charge in [0.15, 0.2) is 0 Å². The van der Waals surface area contributed by atoms with Crippen molar-refractivity contribution in [3.05, 3.63) is 54.4 Å². The van der Waals surface area contributed by atoms with Crippen molar-refractivity contribution in [2.45, 2.75) is 50.1 Å². The van der Waals surface area contributed by atoms with Crippen LogP contribution in [0.1, 0.15) is 38.2 Å². The Morgan fingerprint density at radius 3 is 2.34 bits per heavy atom. The van der Waals surface area contributed by atoms with Crippen LogP contribution in [-0.4, -0.2) is 65.9 Å². The molecule has 11 heteroatoms. The first-order valence-corrected chi connectivity index (χ1v) is 13.0. The highest BCUT2D eigenvalue weighted by atomic mass is 32.2. The predicted molar refractivity (Wildman–Crippen MR) is 128 cm³/mol. The number of nitrogens with zero attached hydrogens (tertiary/aromatic N) is 3. The third kappa shape index (κ3) is 6.36. The van der Waals surface area contributed by atoms with Gasteiger partial charge in [0, 0.05) is 38.4 Å². The number of hydrogen-bond donors (Lipinski definition) is 2. The van der Waals surface area contributed by atoms with E-state index in [2.05, 4.69) is 4.98 Å². The van der Waals surface area contributed by atoms with Crippen molar-refractivity contribution in [3.8, 4) is 5.75 Å². The highest BCUT2D eigenvalue weighted by Gasteiger charge is 2.42. The van der Waals surface area contributed by atoms with E-state index in [0.29, 0.717) is 43.7 Å². The molecule has 35 heavy (non-hydrogen) atoms. The number of hydroxylamine groups is 1. The van der Waals surface area contributed by atoms with E-state index in [1.165, 1.54) is 31.4 Å². The number of methoxy groups -OCH3 is 1. The number of aromatic nitrogens is 1. The molecule has 0 spiro atoms. The topological polar surface area (TPSA) is 129 Å². The summed E-state index contributed by atoms with van der Waals surface area (Å²) >= 11 is 0. The molecule has 1 fully saturated rings. The van der Waals surface area contributed by atoms with Gasteiger partial charge >= 0.3 is 0 Å². The molecule has 2 N–H and O–H groups in total. The van der Waals surface area contributed by atoms with Crippen LogP contribution < -0.4 is 10.2 Å². The maximum atomic E-state index is 13.8. The summed E-state index contributed by atoms with van der Waals surface area (Å²) in [5.74, 6) is -0.663. The molecule has 1 atom stereocenters. The lowest BCUT2D eigenvalue weighted by atomic mass is 9.88. The van der Waals surface area contributed by atoms with Crippen molar-refractivity contribution < 1.29 is 28.0 Å². The number of nitrogens with one attached hydrogen (secondary N) is 1. The van der Waals surface area contributed by atoms with E-state index < -0.39 is 27.9 Å². The molecule has 2 heterocycles. The monoisotopic (exact) mass is 504 g/mol. The minimum atomic E-state index is -4.16. The van der Waals surface area contributed by atoms with Crippen LogP contribution in [0.25, 0.3) is 0 Å². The summed E-state index contributed by atoms with van der Waals surface area (Å²) in [4.78, 5) is 31.0. The van der Waals surface area contributed by atoms with Crippen LogP contribution in [0.15, 0.2) is 53.7 Å². The van der Waals surface area contributed by atoms with Crippen LogP contribution in [0.3, 0.4) is 0 Å². The fourth-order valence-electron chi connectivity index (χ4n) is 4.37. The van der Waals surface area contributed by atoms with Crippen molar-refractivity contribution >= 4 is 21.8 Å². The molecule has 1 aliphatic rings. The van der Waals surface area contributed by atoms with Gasteiger partial charge in [0.2, 0.25) is 15.9 Å². The Morgan fingerprint density at radius 2 is 1.80 bits per heavy atom. The van der Waals surface area contributed by atoms with Gasteiger partial charge in [-0.15, -0.1) is 0 Å². The van der Waals surface area contributed by atoms with Gasteiger partial charge in [-0.1, -0.05) is 6.92 Å². The number of carbonyl (C=O) groups excluding carboxylic acids is 2. The second-order valence-electron chi connectivity index (χ2n) is 8.47. The minimum Gasteiger partial charge on any atom is -0.497 e. The van der Waals surface area contributed by atoms with Crippen LogP contribution in [0, 0.1) is 5.92 Å². The van der Waals surface area contributed by atoms with Gasteiger partial charge in [-0.05, 0) is 67.1 Å². The third-order valence-corrected chi connectivity index (χ3v) is 8.09. The smallest absolute Gasteiger partial charge is 0.262 e. The summed E-state index contributed by atoms with van der Waals surface area (Å²) < 4.78 is 34.0. The Hall–Kier alpha value is -3.02. The van der Waals surface area contributed by atoms with Gasteiger partial charge in [0.25, 0.3) is 5.91 Å². The van der Waals surface area contributed by atoms with Gasteiger partial charge in [0.05, 0.1) is 12.0 Å².